The maximum atomic E-state index is 5.90. The third-order valence-corrected chi connectivity index (χ3v) is 3.31. The Hall–Kier alpha value is -1.06. The van der Waals surface area contributed by atoms with Crippen LogP contribution >= 0.6 is 0 Å². The quantitative estimate of drug-likeness (QED) is 0.846. The summed E-state index contributed by atoms with van der Waals surface area (Å²) in [4.78, 5) is 2.34. The van der Waals surface area contributed by atoms with Crippen LogP contribution in [-0.4, -0.2) is 26.2 Å². The molecule has 0 aromatic heterocycles. The molecule has 2 N–H and O–H groups in total. The summed E-state index contributed by atoms with van der Waals surface area (Å²) in [6.07, 6.45) is 1.26. The van der Waals surface area contributed by atoms with Crippen molar-refractivity contribution >= 4 is 5.69 Å². The molecule has 1 heterocycles. The van der Waals surface area contributed by atoms with E-state index in [0.29, 0.717) is 6.04 Å². The Kier molecular flexibility index (Phi) is 3.46. The number of ether oxygens (including phenoxy) is 1. The maximum Gasteiger partial charge on any atom is 0.0793 e. The normalized spacial score (nSPS) is 22.4. The Morgan fingerprint density at radius 1 is 1.38 bits per heavy atom. The summed E-state index contributed by atoms with van der Waals surface area (Å²) in [6, 6.07) is 8.91. The predicted octanol–water partition coefficient (Wildman–Crippen LogP) is 1.93. The second kappa shape index (κ2) is 4.85. The second-order valence-corrected chi connectivity index (χ2v) is 4.46. The van der Waals surface area contributed by atoms with E-state index in [0.717, 1.165) is 19.5 Å². The fourth-order valence-corrected chi connectivity index (χ4v) is 2.11. The topological polar surface area (TPSA) is 38.5 Å². The van der Waals surface area contributed by atoms with Crippen molar-refractivity contribution in [1.29, 1.82) is 0 Å². The second-order valence-electron chi connectivity index (χ2n) is 4.46. The van der Waals surface area contributed by atoms with Crippen LogP contribution in [0.25, 0.3) is 0 Å². The minimum absolute atomic E-state index is 0.162. The average molecular weight is 220 g/mol. The molecular formula is C13H20N2O. The summed E-state index contributed by atoms with van der Waals surface area (Å²) in [5, 5.41) is 0. The van der Waals surface area contributed by atoms with E-state index in [1.165, 1.54) is 11.3 Å². The Bertz CT molecular complexity index is 336. The van der Waals surface area contributed by atoms with E-state index in [1.54, 1.807) is 7.11 Å². The molecule has 2 atom stereocenters. The van der Waals surface area contributed by atoms with Crippen LogP contribution in [-0.2, 0) is 4.74 Å². The van der Waals surface area contributed by atoms with Crippen LogP contribution in [0.5, 0.6) is 0 Å². The van der Waals surface area contributed by atoms with Crippen molar-refractivity contribution in [3.63, 3.8) is 0 Å². The van der Waals surface area contributed by atoms with Crippen molar-refractivity contribution in [2.24, 2.45) is 5.73 Å². The first kappa shape index (κ1) is 11.4. The Balaban J connectivity index is 2.07. The van der Waals surface area contributed by atoms with Crippen LogP contribution in [0.1, 0.15) is 25.0 Å². The molecule has 1 saturated heterocycles. The first-order valence-corrected chi connectivity index (χ1v) is 5.84. The van der Waals surface area contributed by atoms with E-state index >= 15 is 0 Å². The smallest absolute Gasteiger partial charge is 0.0793 e. The summed E-state index contributed by atoms with van der Waals surface area (Å²) < 4.78 is 5.29. The number of hydrogen-bond acceptors (Lipinski definition) is 3. The molecule has 1 aromatic rings. The largest absolute Gasteiger partial charge is 0.377 e. The number of benzene rings is 1. The molecule has 2 unspecified atom stereocenters. The molecule has 0 aliphatic carbocycles. The SMILES string of the molecule is COC(C)c1ccc(N2CCC(N)C2)cc1. The molecule has 3 heteroatoms. The third kappa shape index (κ3) is 2.36. The molecule has 1 aliphatic rings. The first-order chi connectivity index (χ1) is 7.70. The molecule has 0 amide bonds. The molecule has 0 saturated carbocycles. The number of rotatable bonds is 3. The molecule has 1 aliphatic heterocycles. The van der Waals surface area contributed by atoms with Gasteiger partial charge in [-0.25, -0.2) is 0 Å². The molecule has 3 nitrogen and oxygen atoms in total. The van der Waals surface area contributed by atoms with Gasteiger partial charge in [0, 0.05) is 31.9 Å². The highest BCUT2D eigenvalue weighted by molar-refractivity contribution is 5.49. The van der Waals surface area contributed by atoms with Gasteiger partial charge in [0.15, 0.2) is 0 Å². The average Bonchev–Trinajstić information content (AvgIpc) is 2.75. The van der Waals surface area contributed by atoms with Crippen molar-refractivity contribution in [3.05, 3.63) is 29.8 Å². The van der Waals surface area contributed by atoms with E-state index in [1.807, 2.05) is 0 Å². The third-order valence-electron chi connectivity index (χ3n) is 3.31. The lowest BCUT2D eigenvalue weighted by Crippen LogP contribution is -2.26. The molecule has 0 spiro atoms. The molecule has 88 valence electrons. The molecule has 0 bridgehead atoms. The molecular weight excluding hydrogens is 200 g/mol. The number of methoxy groups -OCH3 is 1. The highest BCUT2D eigenvalue weighted by Gasteiger charge is 2.19. The van der Waals surface area contributed by atoms with Crippen LogP contribution in [0.4, 0.5) is 5.69 Å². The van der Waals surface area contributed by atoms with Crippen LogP contribution < -0.4 is 10.6 Å². The van der Waals surface area contributed by atoms with Crippen LogP contribution in [0, 0.1) is 0 Å². The fourth-order valence-electron chi connectivity index (χ4n) is 2.11. The summed E-state index contributed by atoms with van der Waals surface area (Å²) in [7, 11) is 1.73. The maximum absolute atomic E-state index is 5.90. The summed E-state index contributed by atoms with van der Waals surface area (Å²) >= 11 is 0. The molecule has 0 radical (unpaired) electrons. The lowest BCUT2D eigenvalue weighted by molar-refractivity contribution is 0.119. The zero-order chi connectivity index (χ0) is 11.5. The summed E-state index contributed by atoms with van der Waals surface area (Å²) in [5.74, 6) is 0. The number of nitrogens with zero attached hydrogens (tertiary/aromatic N) is 1. The predicted molar refractivity (Wildman–Crippen MR) is 66.7 cm³/mol. The highest BCUT2D eigenvalue weighted by atomic mass is 16.5. The van der Waals surface area contributed by atoms with Gasteiger partial charge in [0.25, 0.3) is 0 Å². The van der Waals surface area contributed by atoms with Crippen molar-refractivity contribution in [3.8, 4) is 0 Å². The standard InChI is InChI=1S/C13H20N2O/c1-10(16-2)11-3-5-13(6-4-11)15-8-7-12(14)9-15/h3-6,10,12H,7-9,14H2,1-2H3. The van der Waals surface area contributed by atoms with E-state index in [-0.39, 0.29) is 6.10 Å². The van der Waals surface area contributed by atoms with Gasteiger partial charge in [-0.2, -0.15) is 0 Å². The van der Waals surface area contributed by atoms with Gasteiger partial charge in [-0.1, -0.05) is 12.1 Å². The molecule has 16 heavy (non-hydrogen) atoms. The fraction of sp³-hybridized carbons (Fsp3) is 0.538. The monoisotopic (exact) mass is 220 g/mol. The lowest BCUT2D eigenvalue weighted by atomic mass is 10.1. The van der Waals surface area contributed by atoms with Gasteiger partial charge in [-0.3, -0.25) is 0 Å². The zero-order valence-electron chi connectivity index (χ0n) is 10.0. The van der Waals surface area contributed by atoms with Crippen molar-refractivity contribution < 1.29 is 4.74 Å². The van der Waals surface area contributed by atoms with Crippen molar-refractivity contribution in [2.45, 2.75) is 25.5 Å². The summed E-state index contributed by atoms with van der Waals surface area (Å²) in [6.45, 7) is 4.10. The van der Waals surface area contributed by atoms with Crippen LogP contribution in [0.15, 0.2) is 24.3 Å². The first-order valence-electron chi connectivity index (χ1n) is 5.84. The van der Waals surface area contributed by atoms with Crippen LogP contribution in [0.3, 0.4) is 0 Å². The van der Waals surface area contributed by atoms with E-state index in [2.05, 4.69) is 36.1 Å². The van der Waals surface area contributed by atoms with Gasteiger partial charge in [0.05, 0.1) is 6.10 Å². The van der Waals surface area contributed by atoms with Gasteiger partial charge in [-0.05, 0) is 31.0 Å². The Morgan fingerprint density at radius 2 is 2.06 bits per heavy atom. The Morgan fingerprint density at radius 3 is 2.56 bits per heavy atom. The Labute approximate surface area is 97.2 Å². The van der Waals surface area contributed by atoms with Crippen LogP contribution in [0.2, 0.25) is 0 Å². The van der Waals surface area contributed by atoms with E-state index < -0.39 is 0 Å². The van der Waals surface area contributed by atoms with Crippen molar-refractivity contribution in [2.75, 3.05) is 25.1 Å². The molecule has 2 rings (SSSR count). The van der Waals surface area contributed by atoms with Gasteiger partial charge < -0.3 is 15.4 Å². The lowest BCUT2D eigenvalue weighted by Gasteiger charge is -2.19. The van der Waals surface area contributed by atoms with E-state index in [9.17, 15) is 0 Å². The number of hydrogen-bond donors (Lipinski definition) is 1. The summed E-state index contributed by atoms with van der Waals surface area (Å²) in [5.41, 5.74) is 8.38. The minimum atomic E-state index is 0.162. The van der Waals surface area contributed by atoms with Crippen molar-refractivity contribution in [1.82, 2.24) is 0 Å². The van der Waals surface area contributed by atoms with Gasteiger partial charge >= 0.3 is 0 Å². The number of anilines is 1. The highest BCUT2D eigenvalue weighted by Crippen LogP contribution is 2.23. The van der Waals surface area contributed by atoms with Gasteiger partial charge in [-0.15, -0.1) is 0 Å². The number of nitrogens with two attached hydrogens (primary N) is 1. The molecule has 1 fully saturated rings. The molecule has 1 aromatic carbocycles. The van der Waals surface area contributed by atoms with Gasteiger partial charge in [0.1, 0.15) is 0 Å². The van der Waals surface area contributed by atoms with E-state index in [4.69, 9.17) is 10.5 Å². The van der Waals surface area contributed by atoms with Gasteiger partial charge in [0.2, 0.25) is 0 Å². The zero-order valence-corrected chi connectivity index (χ0v) is 10.0. The minimum Gasteiger partial charge on any atom is -0.377 e.